The van der Waals surface area contributed by atoms with Gasteiger partial charge in [0.25, 0.3) is 0 Å². The molecule has 1 N–H and O–H groups in total. The summed E-state index contributed by atoms with van der Waals surface area (Å²) < 4.78 is 0. The standard InChI is InChI=1S/C24H37N3O/c1-5-25-23(28)18-26-14-16-27(17-15-26)22-9-7-6-8-21(22)19-10-12-20(13-11-19)24(2,3)4/h6-10,20H,5,11-18H2,1-4H3,(H,25,28). The fourth-order valence-electron chi connectivity index (χ4n) is 4.49. The lowest BCUT2D eigenvalue weighted by Gasteiger charge is -2.38. The summed E-state index contributed by atoms with van der Waals surface area (Å²) in [5.74, 6) is 0.915. The van der Waals surface area contributed by atoms with Gasteiger partial charge < -0.3 is 10.2 Å². The van der Waals surface area contributed by atoms with Gasteiger partial charge in [0.15, 0.2) is 0 Å². The van der Waals surface area contributed by atoms with Crippen LogP contribution in [0.4, 0.5) is 5.69 Å². The molecule has 1 aromatic carbocycles. The highest BCUT2D eigenvalue weighted by molar-refractivity contribution is 5.78. The van der Waals surface area contributed by atoms with Gasteiger partial charge in [0, 0.05) is 44.0 Å². The summed E-state index contributed by atoms with van der Waals surface area (Å²) in [5, 5.41) is 2.90. The van der Waals surface area contributed by atoms with Crippen LogP contribution in [0.1, 0.15) is 52.5 Å². The number of anilines is 1. The molecule has 1 aliphatic carbocycles. The number of carbonyl (C=O) groups is 1. The zero-order valence-electron chi connectivity index (χ0n) is 18.1. The van der Waals surface area contributed by atoms with Gasteiger partial charge in [-0.2, -0.15) is 0 Å². The zero-order valence-corrected chi connectivity index (χ0v) is 18.1. The predicted octanol–water partition coefficient (Wildman–Crippen LogP) is 4.17. The topological polar surface area (TPSA) is 35.6 Å². The van der Waals surface area contributed by atoms with Crippen LogP contribution < -0.4 is 10.2 Å². The molecule has 1 saturated heterocycles. The van der Waals surface area contributed by atoms with Crippen LogP contribution in [0.15, 0.2) is 30.3 Å². The predicted molar refractivity (Wildman–Crippen MR) is 119 cm³/mol. The average Bonchev–Trinajstić information content (AvgIpc) is 2.68. The fourth-order valence-corrected chi connectivity index (χ4v) is 4.49. The van der Waals surface area contributed by atoms with E-state index in [0.29, 0.717) is 18.5 Å². The Morgan fingerprint density at radius 1 is 1.14 bits per heavy atom. The fraction of sp³-hybridized carbons (Fsp3) is 0.625. The number of allylic oxidation sites excluding steroid dienone is 2. The molecule has 2 aliphatic rings. The molecular formula is C24H37N3O. The van der Waals surface area contributed by atoms with Gasteiger partial charge in [-0.1, -0.05) is 45.0 Å². The van der Waals surface area contributed by atoms with Crippen molar-refractivity contribution in [2.75, 3.05) is 44.2 Å². The Morgan fingerprint density at radius 3 is 2.46 bits per heavy atom. The molecule has 1 amide bonds. The van der Waals surface area contributed by atoms with E-state index in [1.54, 1.807) is 0 Å². The van der Waals surface area contributed by atoms with Crippen molar-refractivity contribution >= 4 is 17.2 Å². The van der Waals surface area contributed by atoms with Crippen LogP contribution in [-0.2, 0) is 4.79 Å². The van der Waals surface area contributed by atoms with Gasteiger partial charge >= 0.3 is 0 Å². The van der Waals surface area contributed by atoms with E-state index in [1.165, 1.54) is 36.1 Å². The van der Waals surface area contributed by atoms with Crippen molar-refractivity contribution < 1.29 is 4.79 Å². The van der Waals surface area contributed by atoms with Crippen molar-refractivity contribution in [1.29, 1.82) is 0 Å². The third-order valence-electron chi connectivity index (χ3n) is 6.34. The van der Waals surface area contributed by atoms with Crippen LogP contribution in [0.5, 0.6) is 0 Å². The van der Waals surface area contributed by atoms with E-state index in [-0.39, 0.29) is 5.91 Å². The third kappa shape index (κ3) is 5.16. The highest BCUT2D eigenvalue weighted by Gasteiger charge is 2.28. The highest BCUT2D eigenvalue weighted by Crippen LogP contribution is 2.41. The second-order valence-electron chi connectivity index (χ2n) is 9.30. The van der Waals surface area contributed by atoms with E-state index in [4.69, 9.17) is 0 Å². The van der Waals surface area contributed by atoms with Crippen LogP contribution in [0.3, 0.4) is 0 Å². The molecule has 4 heteroatoms. The monoisotopic (exact) mass is 383 g/mol. The van der Waals surface area contributed by atoms with Crippen molar-refractivity contribution in [2.24, 2.45) is 11.3 Å². The lowest BCUT2D eigenvalue weighted by molar-refractivity contribution is -0.122. The molecule has 0 radical (unpaired) electrons. The minimum Gasteiger partial charge on any atom is -0.368 e. The first-order valence-corrected chi connectivity index (χ1v) is 10.9. The van der Waals surface area contributed by atoms with Crippen molar-refractivity contribution in [1.82, 2.24) is 10.2 Å². The van der Waals surface area contributed by atoms with Gasteiger partial charge in [-0.15, -0.1) is 0 Å². The summed E-state index contributed by atoms with van der Waals surface area (Å²) >= 11 is 0. The van der Waals surface area contributed by atoms with Crippen LogP contribution >= 0.6 is 0 Å². The quantitative estimate of drug-likeness (QED) is 0.829. The third-order valence-corrected chi connectivity index (χ3v) is 6.34. The van der Waals surface area contributed by atoms with E-state index in [2.05, 4.69) is 66.2 Å². The first-order valence-electron chi connectivity index (χ1n) is 10.9. The summed E-state index contributed by atoms with van der Waals surface area (Å²) in [7, 11) is 0. The highest BCUT2D eigenvalue weighted by atomic mass is 16.2. The summed E-state index contributed by atoms with van der Waals surface area (Å²) in [5.41, 5.74) is 4.68. The number of nitrogens with one attached hydrogen (secondary N) is 1. The Labute approximate surface area is 171 Å². The van der Waals surface area contributed by atoms with Crippen LogP contribution in [0, 0.1) is 11.3 Å². The first kappa shape index (κ1) is 20.9. The Hall–Kier alpha value is -1.81. The van der Waals surface area contributed by atoms with E-state index in [0.717, 1.165) is 32.1 Å². The van der Waals surface area contributed by atoms with Gasteiger partial charge in [0.1, 0.15) is 0 Å². The Kier molecular flexibility index (Phi) is 6.82. The van der Waals surface area contributed by atoms with Crippen molar-refractivity contribution in [2.45, 2.75) is 47.0 Å². The first-order chi connectivity index (χ1) is 13.4. The molecule has 4 nitrogen and oxygen atoms in total. The maximum atomic E-state index is 11.8. The minimum absolute atomic E-state index is 0.136. The molecule has 1 atom stereocenters. The van der Waals surface area contributed by atoms with E-state index in [9.17, 15) is 4.79 Å². The summed E-state index contributed by atoms with van der Waals surface area (Å²) in [6, 6.07) is 8.88. The normalized spacial score (nSPS) is 21.4. The Bertz CT molecular complexity index is 696. The molecule has 28 heavy (non-hydrogen) atoms. The molecule has 1 unspecified atom stereocenters. The molecule has 1 aliphatic heterocycles. The molecule has 1 aromatic rings. The lowest BCUT2D eigenvalue weighted by Crippen LogP contribution is -2.49. The number of hydrogen-bond acceptors (Lipinski definition) is 3. The van der Waals surface area contributed by atoms with Gasteiger partial charge in [-0.3, -0.25) is 9.69 Å². The molecule has 154 valence electrons. The van der Waals surface area contributed by atoms with Crippen molar-refractivity contribution in [3.63, 3.8) is 0 Å². The van der Waals surface area contributed by atoms with Gasteiger partial charge in [-0.05, 0) is 49.2 Å². The summed E-state index contributed by atoms with van der Waals surface area (Å²) in [6.45, 7) is 14.1. The maximum Gasteiger partial charge on any atom is 0.234 e. The summed E-state index contributed by atoms with van der Waals surface area (Å²) in [6.07, 6.45) is 6.14. The van der Waals surface area contributed by atoms with E-state index >= 15 is 0 Å². The average molecular weight is 384 g/mol. The molecule has 3 rings (SSSR count). The Morgan fingerprint density at radius 2 is 1.86 bits per heavy atom. The molecule has 1 heterocycles. The molecule has 0 bridgehead atoms. The number of benzene rings is 1. The maximum absolute atomic E-state index is 11.8. The van der Waals surface area contributed by atoms with Gasteiger partial charge in [0.05, 0.1) is 6.54 Å². The number of nitrogens with zero attached hydrogens (tertiary/aromatic N) is 2. The number of rotatable bonds is 5. The van der Waals surface area contributed by atoms with Crippen molar-refractivity contribution in [3.05, 3.63) is 35.9 Å². The van der Waals surface area contributed by atoms with Crippen LogP contribution in [-0.4, -0.2) is 50.1 Å². The minimum atomic E-state index is 0.136. The second kappa shape index (κ2) is 9.13. The SMILES string of the molecule is CCNC(=O)CN1CCN(c2ccccc2C2=CCC(C(C)(C)C)CC2)CC1. The molecule has 0 saturated carbocycles. The molecule has 0 spiro atoms. The lowest BCUT2D eigenvalue weighted by atomic mass is 9.72. The number of para-hydroxylation sites is 1. The van der Waals surface area contributed by atoms with E-state index < -0.39 is 0 Å². The molecule has 1 fully saturated rings. The molecule has 0 aromatic heterocycles. The van der Waals surface area contributed by atoms with Gasteiger partial charge in [0.2, 0.25) is 5.91 Å². The molecular weight excluding hydrogens is 346 g/mol. The number of carbonyl (C=O) groups excluding carboxylic acids is 1. The van der Waals surface area contributed by atoms with Crippen LogP contribution in [0.25, 0.3) is 5.57 Å². The number of amides is 1. The Balaban J connectivity index is 1.66. The van der Waals surface area contributed by atoms with Crippen molar-refractivity contribution in [3.8, 4) is 0 Å². The number of piperazine rings is 1. The smallest absolute Gasteiger partial charge is 0.234 e. The largest absolute Gasteiger partial charge is 0.368 e. The van der Waals surface area contributed by atoms with Gasteiger partial charge in [-0.25, -0.2) is 0 Å². The van der Waals surface area contributed by atoms with Crippen LogP contribution in [0.2, 0.25) is 0 Å². The second-order valence-corrected chi connectivity index (χ2v) is 9.30. The summed E-state index contributed by atoms with van der Waals surface area (Å²) in [4.78, 5) is 16.6. The number of likely N-dealkylation sites (N-methyl/N-ethyl adjacent to an activating group) is 1. The number of hydrogen-bond donors (Lipinski definition) is 1. The van der Waals surface area contributed by atoms with E-state index in [1.807, 2.05) is 6.92 Å². The zero-order chi connectivity index (χ0) is 20.1.